The normalized spacial score (nSPS) is 12.4. The van der Waals surface area contributed by atoms with Gasteiger partial charge >= 0.3 is 0 Å². The summed E-state index contributed by atoms with van der Waals surface area (Å²) in [6.07, 6.45) is 0. The molecule has 0 bridgehead atoms. The van der Waals surface area contributed by atoms with E-state index in [9.17, 15) is 4.79 Å². The van der Waals surface area contributed by atoms with Crippen LogP contribution < -0.4 is 17.0 Å². The predicted octanol–water partition coefficient (Wildman–Crippen LogP) is 2.29. The molecule has 2 rings (SSSR count). The first-order valence-electron chi connectivity index (χ1n) is 5.55. The lowest BCUT2D eigenvalue weighted by Gasteiger charge is -2.09. The number of aromatic nitrogens is 2. The molecule has 1 aromatic carbocycles. The van der Waals surface area contributed by atoms with Crippen molar-refractivity contribution < 1.29 is 0 Å². The number of H-pyrrole nitrogens is 1. The minimum Gasteiger partial charge on any atom is -0.383 e. The first kappa shape index (κ1) is 14.1. The van der Waals surface area contributed by atoms with Gasteiger partial charge in [0.25, 0.3) is 5.56 Å². The fourth-order valence-electron chi connectivity index (χ4n) is 1.55. The van der Waals surface area contributed by atoms with Crippen molar-refractivity contribution in [1.29, 1.82) is 0 Å². The van der Waals surface area contributed by atoms with E-state index in [4.69, 9.17) is 11.5 Å². The zero-order valence-electron chi connectivity index (χ0n) is 10.2. The molecule has 0 aliphatic carbocycles. The lowest BCUT2D eigenvalue weighted by Crippen LogP contribution is -2.09. The lowest BCUT2D eigenvalue weighted by molar-refractivity contribution is 0.811. The number of nitrogen functional groups attached to an aromatic ring is 1. The van der Waals surface area contributed by atoms with E-state index in [-0.39, 0.29) is 17.4 Å². The fraction of sp³-hybridized carbons (Fsp3) is 0.167. The van der Waals surface area contributed by atoms with Crippen molar-refractivity contribution in [2.24, 2.45) is 5.73 Å². The van der Waals surface area contributed by atoms with Gasteiger partial charge in [-0.25, -0.2) is 4.98 Å². The molecule has 1 unspecified atom stereocenters. The molecule has 1 heterocycles. The van der Waals surface area contributed by atoms with Gasteiger partial charge in [0, 0.05) is 21.5 Å². The molecule has 1 atom stereocenters. The maximum absolute atomic E-state index is 11.3. The second kappa shape index (κ2) is 5.77. The molecule has 0 radical (unpaired) electrons. The van der Waals surface area contributed by atoms with Crippen molar-refractivity contribution in [3.05, 3.63) is 44.7 Å². The average Bonchev–Trinajstić information content (AvgIpc) is 2.26. The van der Waals surface area contributed by atoms with Crippen LogP contribution in [0.4, 0.5) is 5.82 Å². The van der Waals surface area contributed by atoms with Crippen molar-refractivity contribution >= 4 is 33.5 Å². The van der Waals surface area contributed by atoms with Gasteiger partial charge < -0.3 is 16.5 Å². The highest BCUT2D eigenvalue weighted by Crippen LogP contribution is 2.30. The Bertz CT molecular complexity index is 656. The Hall–Kier alpha value is -1.31. The monoisotopic (exact) mass is 340 g/mol. The number of benzene rings is 1. The number of hydrogen-bond acceptors (Lipinski definition) is 5. The SMILES string of the molecule is CC(N)c1ccc(Sc2nc(N)cc(=O)[nH]2)cc1Br. The van der Waals surface area contributed by atoms with E-state index in [1.54, 1.807) is 0 Å². The molecule has 100 valence electrons. The van der Waals surface area contributed by atoms with Gasteiger partial charge in [-0.15, -0.1) is 0 Å². The number of nitrogens with two attached hydrogens (primary N) is 2. The predicted molar refractivity (Wildman–Crippen MR) is 80.1 cm³/mol. The van der Waals surface area contributed by atoms with E-state index < -0.39 is 0 Å². The number of rotatable bonds is 3. The molecule has 0 spiro atoms. The topological polar surface area (TPSA) is 97.8 Å². The molecule has 5 nitrogen and oxygen atoms in total. The molecule has 7 heteroatoms. The quantitative estimate of drug-likeness (QED) is 0.744. The highest BCUT2D eigenvalue weighted by atomic mass is 79.9. The molecule has 5 N–H and O–H groups in total. The summed E-state index contributed by atoms with van der Waals surface area (Å²) in [5.74, 6) is 0.206. The summed E-state index contributed by atoms with van der Waals surface area (Å²) in [5.41, 5.74) is 12.1. The van der Waals surface area contributed by atoms with Gasteiger partial charge in [0.2, 0.25) is 0 Å². The minimum atomic E-state index is -0.263. The number of nitrogens with zero attached hydrogens (tertiary/aromatic N) is 1. The zero-order valence-corrected chi connectivity index (χ0v) is 12.6. The van der Waals surface area contributed by atoms with Crippen LogP contribution in [0.25, 0.3) is 0 Å². The van der Waals surface area contributed by atoms with Crippen LogP contribution in [0.3, 0.4) is 0 Å². The molecule has 0 fully saturated rings. The van der Waals surface area contributed by atoms with E-state index >= 15 is 0 Å². The van der Waals surface area contributed by atoms with Gasteiger partial charge in [0.1, 0.15) is 5.82 Å². The molecule has 19 heavy (non-hydrogen) atoms. The molecule has 2 aromatic rings. The average molecular weight is 341 g/mol. The number of aromatic amines is 1. The first-order valence-corrected chi connectivity index (χ1v) is 7.16. The van der Waals surface area contributed by atoms with Crippen LogP contribution in [-0.2, 0) is 0 Å². The van der Waals surface area contributed by atoms with Gasteiger partial charge in [0.15, 0.2) is 5.16 Å². The van der Waals surface area contributed by atoms with Gasteiger partial charge in [-0.3, -0.25) is 4.79 Å². The Morgan fingerprint density at radius 3 is 2.74 bits per heavy atom. The maximum Gasteiger partial charge on any atom is 0.253 e. The van der Waals surface area contributed by atoms with Crippen LogP contribution in [0.1, 0.15) is 18.5 Å². The van der Waals surface area contributed by atoms with E-state index in [1.807, 2.05) is 25.1 Å². The Labute approximate surface area is 122 Å². The number of anilines is 1. The summed E-state index contributed by atoms with van der Waals surface area (Å²) in [4.78, 5) is 18.9. The van der Waals surface area contributed by atoms with E-state index in [1.165, 1.54) is 17.8 Å². The maximum atomic E-state index is 11.3. The van der Waals surface area contributed by atoms with Crippen molar-refractivity contribution in [2.75, 3.05) is 5.73 Å². The van der Waals surface area contributed by atoms with Crippen molar-refractivity contribution in [3.8, 4) is 0 Å². The van der Waals surface area contributed by atoms with Gasteiger partial charge in [-0.05, 0) is 24.6 Å². The molecule has 0 amide bonds. The second-order valence-corrected chi connectivity index (χ2v) is 5.97. The number of nitrogens with one attached hydrogen (secondary N) is 1. The highest BCUT2D eigenvalue weighted by molar-refractivity contribution is 9.10. The molecule has 1 aromatic heterocycles. The van der Waals surface area contributed by atoms with Crippen LogP contribution >= 0.6 is 27.7 Å². The smallest absolute Gasteiger partial charge is 0.253 e. The lowest BCUT2D eigenvalue weighted by atomic mass is 10.1. The Morgan fingerprint density at radius 1 is 1.42 bits per heavy atom. The second-order valence-electron chi connectivity index (χ2n) is 4.05. The summed E-state index contributed by atoms with van der Waals surface area (Å²) >= 11 is 4.81. The molecule has 0 aliphatic heterocycles. The van der Waals surface area contributed by atoms with Gasteiger partial charge in [0.05, 0.1) is 0 Å². The summed E-state index contributed by atoms with van der Waals surface area (Å²) in [5, 5.41) is 0.463. The molecular weight excluding hydrogens is 328 g/mol. The van der Waals surface area contributed by atoms with Gasteiger partial charge in [-0.2, -0.15) is 0 Å². The standard InChI is InChI=1S/C12H13BrN4OS/c1-6(14)8-3-2-7(4-9(8)13)19-12-16-10(15)5-11(18)17-12/h2-6H,14H2,1H3,(H3,15,16,17,18). The zero-order chi connectivity index (χ0) is 14.0. The van der Waals surface area contributed by atoms with E-state index in [0.29, 0.717) is 5.16 Å². The first-order chi connectivity index (χ1) is 8.95. The number of halogens is 1. The minimum absolute atomic E-state index is 0.0428. The summed E-state index contributed by atoms with van der Waals surface area (Å²) < 4.78 is 0.929. The molecule has 0 aliphatic rings. The molecular formula is C12H13BrN4OS. The molecule has 0 saturated carbocycles. The summed E-state index contributed by atoms with van der Waals surface area (Å²) in [6.45, 7) is 1.92. The number of hydrogen-bond donors (Lipinski definition) is 3. The Balaban J connectivity index is 2.29. The summed E-state index contributed by atoms with van der Waals surface area (Å²) in [7, 11) is 0. The van der Waals surface area contributed by atoms with E-state index in [2.05, 4.69) is 25.9 Å². The molecule has 0 saturated heterocycles. The van der Waals surface area contributed by atoms with Crippen molar-refractivity contribution in [1.82, 2.24) is 9.97 Å². The summed E-state index contributed by atoms with van der Waals surface area (Å²) in [6, 6.07) is 7.02. The third kappa shape index (κ3) is 3.59. The highest BCUT2D eigenvalue weighted by Gasteiger charge is 2.08. The van der Waals surface area contributed by atoms with Crippen LogP contribution in [0.15, 0.2) is 43.6 Å². The third-order valence-electron chi connectivity index (χ3n) is 2.42. The van der Waals surface area contributed by atoms with Crippen LogP contribution in [-0.4, -0.2) is 9.97 Å². The third-order valence-corrected chi connectivity index (χ3v) is 3.98. The van der Waals surface area contributed by atoms with Crippen molar-refractivity contribution in [3.63, 3.8) is 0 Å². The van der Waals surface area contributed by atoms with Crippen LogP contribution in [0.5, 0.6) is 0 Å². The van der Waals surface area contributed by atoms with Crippen LogP contribution in [0.2, 0.25) is 0 Å². The van der Waals surface area contributed by atoms with E-state index in [0.717, 1.165) is 14.9 Å². The Morgan fingerprint density at radius 2 is 2.16 bits per heavy atom. The largest absolute Gasteiger partial charge is 0.383 e. The Kier molecular flexibility index (Phi) is 4.28. The fourth-order valence-corrected chi connectivity index (χ4v) is 3.28. The van der Waals surface area contributed by atoms with Gasteiger partial charge in [-0.1, -0.05) is 33.8 Å². The van der Waals surface area contributed by atoms with Crippen LogP contribution in [0, 0.1) is 0 Å². The van der Waals surface area contributed by atoms with Crippen molar-refractivity contribution in [2.45, 2.75) is 23.0 Å².